The molecule has 2 bridgehead atoms. The molecule has 0 aromatic heterocycles. The highest BCUT2D eigenvalue weighted by atomic mass is 19.1. The van der Waals surface area contributed by atoms with Gasteiger partial charge in [-0.3, -0.25) is 0 Å². The molecule has 1 nitrogen and oxygen atoms in total. The average Bonchev–Trinajstić information content (AvgIpc) is 2.96. The largest absolute Gasteiger partial charge is 0.380 e. The lowest BCUT2D eigenvalue weighted by molar-refractivity contribution is 0.398. The van der Waals surface area contributed by atoms with Gasteiger partial charge in [-0.2, -0.15) is 0 Å². The molecule has 0 radical (unpaired) electrons. The van der Waals surface area contributed by atoms with Gasteiger partial charge in [-0.05, 0) is 56.1 Å². The minimum absolute atomic E-state index is 0.138. The van der Waals surface area contributed by atoms with E-state index in [-0.39, 0.29) is 5.82 Å². The van der Waals surface area contributed by atoms with Gasteiger partial charge in [0.2, 0.25) is 0 Å². The van der Waals surface area contributed by atoms with Crippen molar-refractivity contribution < 1.29 is 4.39 Å². The summed E-state index contributed by atoms with van der Waals surface area (Å²) in [6.07, 6.45) is 7.25. The average molecular weight is 245 g/mol. The molecule has 0 amide bonds. The first kappa shape index (κ1) is 11.8. The van der Waals surface area contributed by atoms with Crippen molar-refractivity contribution >= 4 is 5.69 Å². The molecule has 0 spiro atoms. The van der Waals surface area contributed by atoms with E-state index in [1.54, 1.807) is 6.07 Å². The number of nitrogens with one attached hydrogen (secondary N) is 1. The summed E-state index contributed by atoms with van der Waals surface area (Å²) in [5.41, 5.74) is 1.66. The number of rotatable bonds is 3. The summed E-state index contributed by atoms with van der Waals surface area (Å²) in [7, 11) is 0. The van der Waals surface area contributed by atoms with E-state index in [1.807, 2.05) is 13.0 Å². The van der Waals surface area contributed by atoms with Crippen LogP contribution in [0.4, 0.5) is 10.1 Å². The number of hydrogen-bond acceptors (Lipinski definition) is 1. The topological polar surface area (TPSA) is 12.0 Å². The molecule has 2 heteroatoms. The second-order valence-electron chi connectivity index (χ2n) is 5.81. The fourth-order valence-corrected chi connectivity index (χ4v) is 3.55. The zero-order valence-electron chi connectivity index (χ0n) is 11.0. The number of aryl methyl sites for hydroxylation is 1. The number of para-hydroxylation sites is 1. The minimum Gasteiger partial charge on any atom is -0.380 e. The second kappa shape index (κ2) is 4.42. The first-order valence-electron chi connectivity index (χ1n) is 6.85. The molecule has 2 aliphatic rings. The van der Waals surface area contributed by atoms with Crippen LogP contribution in [-0.2, 0) is 0 Å². The van der Waals surface area contributed by atoms with E-state index in [4.69, 9.17) is 0 Å². The van der Waals surface area contributed by atoms with Crippen molar-refractivity contribution in [3.8, 4) is 0 Å². The molecular weight excluding hydrogens is 225 g/mol. The Bertz CT molecular complexity index is 460. The van der Waals surface area contributed by atoms with Crippen LogP contribution in [0, 0.1) is 30.5 Å². The second-order valence-corrected chi connectivity index (χ2v) is 5.81. The minimum atomic E-state index is -0.138. The van der Waals surface area contributed by atoms with E-state index >= 15 is 0 Å². The molecule has 4 atom stereocenters. The van der Waals surface area contributed by atoms with Gasteiger partial charge in [-0.15, -0.1) is 0 Å². The molecule has 1 N–H and O–H groups in total. The molecule has 1 aromatic carbocycles. The van der Waals surface area contributed by atoms with Crippen LogP contribution in [0.1, 0.15) is 25.3 Å². The van der Waals surface area contributed by atoms with Gasteiger partial charge in [0.1, 0.15) is 5.82 Å². The predicted molar refractivity (Wildman–Crippen MR) is 73.1 cm³/mol. The van der Waals surface area contributed by atoms with Crippen molar-refractivity contribution in [3.63, 3.8) is 0 Å². The fraction of sp³-hybridized carbons (Fsp3) is 0.500. The van der Waals surface area contributed by atoms with E-state index in [0.717, 1.165) is 11.5 Å². The van der Waals surface area contributed by atoms with Gasteiger partial charge in [0.05, 0.1) is 5.69 Å². The third kappa shape index (κ3) is 1.94. The van der Waals surface area contributed by atoms with Gasteiger partial charge in [-0.25, -0.2) is 4.39 Å². The number of allylic oxidation sites excluding steroid dienone is 2. The third-order valence-electron chi connectivity index (χ3n) is 4.57. The van der Waals surface area contributed by atoms with Crippen LogP contribution in [0.5, 0.6) is 0 Å². The molecule has 96 valence electrons. The van der Waals surface area contributed by atoms with E-state index in [9.17, 15) is 4.39 Å². The number of anilines is 1. The van der Waals surface area contributed by atoms with Crippen molar-refractivity contribution in [2.45, 2.75) is 32.7 Å². The highest BCUT2D eigenvalue weighted by molar-refractivity contribution is 5.52. The molecule has 0 aliphatic heterocycles. The zero-order valence-corrected chi connectivity index (χ0v) is 11.0. The van der Waals surface area contributed by atoms with Crippen LogP contribution in [-0.4, -0.2) is 6.04 Å². The lowest BCUT2D eigenvalue weighted by Crippen LogP contribution is -2.29. The number of halogens is 1. The predicted octanol–water partition coefficient (Wildman–Crippen LogP) is 4.15. The van der Waals surface area contributed by atoms with Crippen molar-refractivity contribution in [2.24, 2.45) is 17.8 Å². The lowest BCUT2D eigenvalue weighted by atomic mass is 9.87. The highest BCUT2D eigenvalue weighted by Crippen LogP contribution is 2.45. The molecule has 1 saturated carbocycles. The van der Waals surface area contributed by atoms with E-state index in [1.165, 1.54) is 18.9 Å². The summed E-state index contributed by atoms with van der Waals surface area (Å²) < 4.78 is 13.8. The van der Waals surface area contributed by atoms with Crippen molar-refractivity contribution in [1.29, 1.82) is 0 Å². The Balaban J connectivity index is 1.75. The van der Waals surface area contributed by atoms with E-state index in [2.05, 4.69) is 24.4 Å². The first-order valence-corrected chi connectivity index (χ1v) is 6.85. The molecule has 0 saturated heterocycles. The Hall–Kier alpha value is -1.31. The monoisotopic (exact) mass is 245 g/mol. The molecule has 0 heterocycles. The summed E-state index contributed by atoms with van der Waals surface area (Å²) in [6.45, 7) is 4.14. The maximum absolute atomic E-state index is 13.8. The molecular formula is C16H20FN. The van der Waals surface area contributed by atoms with Gasteiger partial charge < -0.3 is 5.32 Å². The van der Waals surface area contributed by atoms with Crippen molar-refractivity contribution in [2.75, 3.05) is 5.32 Å². The summed E-state index contributed by atoms with van der Waals surface area (Å²) in [5, 5.41) is 3.40. The molecule has 1 aromatic rings. The Labute approximate surface area is 108 Å². The normalized spacial score (nSPS) is 30.7. The van der Waals surface area contributed by atoms with Crippen LogP contribution >= 0.6 is 0 Å². The fourth-order valence-electron chi connectivity index (χ4n) is 3.55. The quantitative estimate of drug-likeness (QED) is 0.789. The van der Waals surface area contributed by atoms with Crippen molar-refractivity contribution in [3.05, 3.63) is 41.7 Å². The van der Waals surface area contributed by atoms with Crippen LogP contribution < -0.4 is 5.32 Å². The summed E-state index contributed by atoms with van der Waals surface area (Å²) in [5.74, 6) is 1.98. The van der Waals surface area contributed by atoms with Gasteiger partial charge in [0.25, 0.3) is 0 Å². The summed E-state index contributed by atoms with van der Waals surface area (Å²) in [4.78, 5) is 0. The molecule has 2 aliphatic carbocycles. The third-order valence-corrected chi connectivity index (χ3v) is 4.57. The maximum Gasteiger partial charge on any atom is 0.146 e. The SMILES string of the molecule is Cc1cccc(F)c1NC(C)C1CC2C=CC1C2. The lowest BCUT2D eigenvalue weighted by Gasteiger charge is -2.27. The zero-order chi connectivity index (χ0) is 12.7. The van der Waals surface area contributed by atoms with Gasteiger partial charge >= 0.3 is 0 Å². The van der Waals surface area contributed by atoms with Gasteiger partial charge in [0.15, 0.2) is 0 Å². The number of hydrogen-bond donors (Lipinski definition) is 1. The Morgan fingerprint density at radius 3 is 2.72 bits per heavy atom. The molecule has 18 heavy (non-hydrogen) atoms. The molecule has 1 fully saturated rings. The summed E-state index contributed by atoms with van der Waals surface area (Å²) in [6, 6.07) is 5.59. The number of benzene rings is 1. The van der Waals surface area contributed by atoms with Crippen LogP contribution in [0.2, 0.25) is 0 Å². The molecule has 4 unspecified atom stereocenters. The summed E-state index contributed by atoms with van der Waals surface area (Å²) >= 11 is 0. The van der Waals surface area contributed by atoms with E-state index in [0.29, 0.717) is 23.6 Å². The van der Waals surface area contributed by atoms with E-state index < -0.39 is 0 Å². The van der Waals surface area contributed by atoms with Crippen molar-refractivity contribution in [1.82, 2.24) is 0 Å². The van der Waals surface area contributed by atoms with Gasteiger partial charge in [-0.1, -0.05) is 24.3 Å². The van der Waals surface area contributed by atoms with Crippen LogP contribution in [0.3, 0.4) is 0 Å². The number of fused-ring (bicyclic) bond motifs is 2. The maximum atomic E-state index is 13.8. The highest BCUT2D eigenvalue weighted by Gasteiger charge is 2.38. The Morgan fingerprint density at radius 2 is 2.11 bits per heavy atom. The van der Waals surface area contributed by atoms with Gasteiger partial charge in [0, 0.05) is 6.04 Å². The Kier molecular flexibility index (Phi) is 2.89. The molecule has 3 rings (SSSR count). The van der Waals surface area contributed by atoms with Crippen LogP contribution in [0.15, 0.2) is 30.4 Å². The van der Waals surface area contributed by atoms with Crippen LogP contribution in [0.25, 0.3) is 0 Å². The first-order chi connectivity index (χ1) is 8.65. The smallest absolute Gasteiger partial charge is 0.146 e. The Morgan fingerprint density at radius 1 is 1.28 bits per heavy atom. The standard InChI is InChI=1S/C16H20FN/c1-10-4-3-5-15(17)16(10)18-11(2)14-9-12-6-7-13(14)8-12/h3-7,11-14,18H,8-9H2,1-2H3.